The molecule has 27 heavy (non-hydrogen) atoms. The van der Waals surface area contributed by atoms with E-state index in [9.17, 15) is 4.79 Å². The Morgan fingerprint density at radius 2 is 2.07 bits per heavy atom. The lowest BCUT2D eigenvalue weighted by atomic mass is 9.97. The second kappa shape index (κ2) is 8.53. The van der Waals surface area contributed by atoms with Crippen molar-refractivity contribution in [2.45, 2.75) is 44.9 Å². The number of carbonyl (C=O) groups excluding carboxylic acids is 1. The highest BCUT2D eigenvalue weighted by Crippen LogP contribution is 2.24. The fourth-order valence-corrected chi connectivity index (χ4v) is 4.49. The first-order valence-corrected chi connectivity index (χ1v) is 10.6. The Bertz CT molecular complexity index is 939. The molecule has 0 spiro atoms. The van der Waals surface area contributed by atoms with E-state index < -0.39 is 0 Å². The quantitative estimate of drug-likeness (QED) is 0.587. The van der Waals surface area contributed by atoms with Gasteiger partial charge in [-0.15, -0.1) is 11.3 Å². The molecule has 0 fully saturated rings. The van der Waals surface area contributed by atoms with Gasteiger partial charge in [-0.25, -0.2) is 4.98 Å². The summed E-state index contributed by atoms with van der Waals surface area (Å²) in [6.07, 6.45) is 11.7. The first-order valence-electron chi connectivity index (χ1n) is 9.75. The minimum absolute atomic E-state index is 0.133. The summed E-state index contributed by atoms with van der Waals surface area (Å²) in [6, 6.07) is 10.2. The van der Waals surface area contributed by atoms with Crippen molar-refractivity contribution in [2.24, 2.45) is 0 Å². The number of carbonyl (C=O) groups is 1. The van der Waals surface area contributed by atoms with Crippen LogP contribution in [0.15, 0.2) is 53.6 Å². The van der Waals surface area contributed by atoms with Gasteiger partial charge < -0.3 is 5.32 Å². The predicted octanol–water partition coefficient (Wildman–Crippen LogP) is 5.00. The lowest BCUT2D eigenvalue weighted by molar-refractivity contribution is -0.121. The third kappa shape index (κ3) is 4.48. The number of benzene rings is 1. The van der Waals surface area contributed by atoms with Crippen LogP contribution in [0, 0.1) is 0 Å². The topological polar surface area (TPSA) is 46.4 Å². The summed E-state index contributed by atoms with van der Waals surface area (Å²) in [5.41, 5.74) is 4.76. The van der Waals surface area contributed by atoms with Gasteiger partial charge in [0.05, 0.1) is 5.69 Å². The monoisotopic (exact) mass is 379 g/mol. The van der Waals surface area contributed by atoms with E-state index in [1.807, 2.05) is 18.2 Å². The van der Waals surface area contributed by atoms with Crippen molar-refractivity contribution in [3.05, 3.63) is 59.3 Å². The number of thiazole rings is 1. The molecule has 1 N–H and O–H groups in total. The van der Waals surface area contributed by atoms with Crippen LogP contribution in [0.25, 0.3) is 16.2 Å². The first-order chi connectivity index (χ1) is 13.3. The molecular weight excluding hydrogens is 354 g/mol. The molecule has 4 nitrogen and oxygen atoms in total. The van der Waals surface area contributed by atoms with Crippen molar-refractivity contribution in [1.82, 2.24) is 14.7 Å². The standard InChI is InChI=1S/C22H25N3OS/c26-21(23-14-13-17-7-3-1-4-8-17)12-11-19-16-27-22-24-20(15-25(19)22)18-9-5-2-6-10-18/h2,5-7,9-10,15-16H,1,3-4,8,11-14H2,(H,23,26). The van der Waals surface area contributed by atoms with E-state index in [1.54, 1.807) is 11.3 Å². The molecule has 0 radical (unpaired) electrons. The zero-order valence-corrected chi connectivity index (χ0v) is 16.3. The Morgan fingerprint density at radius 3 is 2.89 bits per heavy atom. The number of rotatable bonds is 7. The number of imidazole rings is 1. The maximum Gasteiger partial charge on any atom is 0.220 e. The zero-order chi connectivity index (χ0) is 18.5. The molecule has 0 unspecified atom stereocenters. The second-order valence-corrected chi connectivity index (χ2v) is 7.92. The summed E-state index contributed by atoms with van der Waals surface area (Å²) in [6.45, 7) is 0.757. The van der Waals surface area contributed by atoms with E-state index >= 15 is 0 Å². The van der Waals surface area contributed by atoms with Crippen LogP contribution < -0.4 is 5.32 Å². The maximum atomic E-state index is 12.2. The third-order valence-electron chi connectivity index (χ3n) is 5.11. The molecule has 4 rings (SSSR count). The molecule has 140 valence electrons. The van der Waals surface area contributed by atoms with Crippen molar-refractivity contribution in [2.75, 3.05) is 6.54 Å². The van der Waals surface area contributed by atoms with Gasteiger partial charge >= 0.3 is 0 Å². The molecule has 3 aromatic rings. The number of hydrogen-bond acceptors (Lipinski definition) is 3. The number of nitrogens with one attached hydrogen (secondary N) is 1. The molecule has 0 atom stereocenters. The van der Waals surface area contributed by atoms with Gasteiger partial charge in [0.2, 0.25) is 5.91 Å². The molecule has 0 saturated heterocycles. The van der Waals surface area contributed by atoms with Crippen molar-refractivity contribution in [3.63, 3.8) is 0 Å². The summed E-state index contributed by atoms with van der Waals surface area (Å²) in [5.74, 6) is 0.133. The van der Waals surface area contributed by atoms with Crippen LogP contribution in [-0.4, -0.2) is 21.8 Å². The number of fused-ring (bicyclic) bond motifs is 1. The fourth-order valence-electron chi connectivity index (χ4n) is 3.58. The van der Waals surface area contributed by atoms with Crippen LogP contribution in [0.1, 0.15) is 44.2 Å². The number of allylic oxidation sites excluding steroid dienone is 1. The molecule has 0 bridgehead atoms. The van der Waals surface area contributed by atoms with Gasteiger partial charge in [-0.1, -0.05) is 42.0 Å². The van der Waals surface area contributed by atoms with Crippen LogP contribution in [0.5, 0.6) is 0 Å². The second-order valence-electron chi connectivity index (χ2n) is 7.08. The lowest BCUT2D eigenvalue weighted by Crippen LogP contribution is -2.25. The molecule has 0 aliphatic heterocycles. The average Bonchev–Trinajstić information content (AvgIpc) is 3.29. The Kier molecular flexibility index (Phi) is 5.68. The van der Waals surface area contributed by atoms with E-state index in [0.717, 1.165) is 41.3 Å². The molecule has 1 aliphatic carbocycles. The third-order valence-corrected chi connectivity index (χ3v) is 6.00. The van der Waals surface area contributed by atoms with Gasteiger partial charge in [-0.2, -0.15) is 0 Å². The number of amides is 1. The fraction of sp³-hybridized carbons (Fsp3) is 0.364. The average molecular weight is 380 g/mol. The number of aryl methyl sites for hydroxylation is 1. The molecule has 1 amide bonds. The van der Waals surface area contributed by atoms with Crippen LogP contribution >= 0.6 is 11.3 Å². The molecular formula is C22H25N3OS. The van der Waals surface area contributed by atoms with Crippen LogP contribution in [0.2, 0.25) is 0 Å². The molecule has 1 aromatic carbocycles. The number of nitrogens with zero attached hydrogens (tertiary/aromatic N) is 2. The zero-order valence-electron chi connectivity index (χ0n) is 15.5. The molecule has 0 saturated carbocycles. The normalized spacial score (nSPS) is 14.3. The largest absolute Gasteiger partial charge is 0.356 e. The summed E-state index contributed by atoms with van der Waals surface area (Å²) >= 11 is 1.63. The van der Waals surface area contributed by atoms with Crippen molar-refractivity contribution in [3.8, 4) is 11.3 Å². The van der Waals surface area contributed by atoms with Crippen LogP contribution in [-0.2, 0) is 11.2 Å². The molecule has 2 aromatic heterocycles. The van der Waals surface area contributed by atoms with E-state index in [4.69, 9.17) is 4.98 Å². The number of aromatic nitrogens is 2. The van der Waals surface area contributed by atoms with Gasteiger partial charge in [0.25, 0.3) is 0 Å². The van der Waals surface area contributed by atoms with E-state index in [1.165, 1.54) is 31.3 Å². The van der Waals surface area contributed by atoms with Crippen molar-refractivity contribution >= 4 is 22.2 Å². The van der Waals surface area contributed by atoms with E-state index in [-0.39, 0.29) is 5.91 Å². The van der Waals surface area contributed by atoms with E-state index in [2.05, 4.69) is 39.5 Å². The smallest absolute Gasteiger partial charge is 0.220 e. The Morgan fingerprint density at radius 1 is 1.19 bits per heavy atom. The molecule has 2 heterocycles. The van der Waals surface area contributed by atoms with Crippen molar-refractivity contribution < 1.29 is 4.79 Å². The predicted molar refractivity (Wildman–Crippen MR) is 111 cm³/mol. The molecule has 1 aliphatic rings. The van der Waals surface area contributed by atoms with Crippen molar-refractivity contribution in [1.29, 1.82) is 0 Å². The maximum absolute atomic E-state index is 12.2. The minimum Gasteiger partial charge on any atom is -0.356 e. The number of hydrogen-bond donors (Lipinski definition) is 1. The molecule has 5 heteroatoms. The van der Waals surface area contributed by atoms with Gasteiger partial charge in [0.1, 0.15) is 0 Å². The SMILES string of the molecule is O=C(CCc1csc2nc(-c3ccccc3)cn12)NCCC1=CCCCC1. The summed E-state index contributed by atoms with van der Waals surface area (Å²) in [7, 11) is 0. The van der Waals surface area contributed by atoms with E-state index in [0.29, 0.717) is 6.42 Å². The Hall–Kier alpha value is -2.40. The lowest BCUT2D eigenvalue weighted by Gasteiger charge is -2.12. The highest BCUT2D eigenvalue weighted by atomic mass is 32.1. The summed E-state index contributed by atoms with van der Waals surface area (Å²) in [4.78, 5) is 17.9. The summed E-state index contributed by atoms with van der Waals surface area (Å²) < 4.78 is 2.12. The Labute approximate surface area is 163 Å². The summed E-state index contributed by atoms with van der Waals surface area (Å²) in [5, 5.41) is 5.18. The first kappa shape index (κ1) is 18.0. The van der Waals surface area contributed by atoms with Crippen LogP contribution in [0.4, 0.5) is 0 Å². The van der Waals surface area contributed by atoms with Crippen LogP contribution in [0.3, 0.4) is 0 Å². The van der Waals surface area contributed by atoms with Gasteiger partial charge in [0, 0.05) is 35.8 Å². The van der Waals surface area contributed by atoms with Gasteiger partial charge in [-0.3, -0.25) is 9.20 Å². The minimum atomic E-state index is 0.133. The Balaban J connectivity index is 1.31. The van der Waals surface area contributed by atoms with Gasteiger partial charge in [0.15, 0.2) is 4.96 Å². The van der Waals surface area contributed by atoms with Gasteiger partial charge in [-0.05, 0) is 38.5 Å². The highest BCUT2D eigenvalue weighted by molar-refractivity contribution is 7.15. The highest BCUT2D eigenvalue weighted by Gasteiger charge is 2.11.